The number of nitrogens with zero attached hydrogens (tertiary/aromatic N) is 1. The monoisotopic (exact) mass is 440 g/mol. The van der Waals surface area contributed by atoms with Crippen LogP contribution in [-0.2, 0) is 21.2 Å². The Morgan fingerprint density at radius 2 is 1.52 bits per heavy atom. The average molecular weight is 441 g/mol. The molecule has 1 heterocycles. The number of aryl methyl sites for hydroxylation is 2. The molecule has 0 bridgehead atoms. The van der Waals surface area contributed by atoms with Gasteiger partial charge in [-0.25, -0.2) is 0 Å². The fourth-order valence-electron chi connectivity index (χ4n) is 2.93. The number of thioether (sulfide) groups is 1. The van der Waals surface area contributed by atoms with Gasteiger partial charge in [0, 0.05) is 11.3 Å². The minimum absolute atomic E-state index is 0.00900. The first kappa shape index (κ1) is 19.9. The van der Waals surface area contributed by atoms with Crippen molar-refractivity contribution < 1.29 is 8.42 Å². The highest BCUT2D eigenvalue weighted by Crippen LogP contribution is 2.39. The van der Waals surface area contributed by atoms with E-state index in [1.807, 2.05) is 31.2 Å². The van der Waals surface area contributed by atoms with Crippen molar-refractivity contribution in [3.8, 4) is 0 Å². The van der Waals surface area contributed by atoms with Gasteiger partial charge in [-0.1, -0.05) is 81.3 Å². The molecule has 0 saturated heterocycles. The third-order valence-electron chi connectivity index (χ3n) is 4.58. The molecule has 4 rings (SSSR count). The standard InChI is InChI=1S/C22H20N2O2S3/c1-15-7-11-17(12-8-15)21-23-20-6-4-3-5-19(20)22(27-21)28-24-29(25,26)18-13-9-16(2)10-14-18/h3-14,21,23H,1-2H3. The highest BCUT2D eigenvalue weighted by Gasteiger charge is 2.24. The molecule has 1 atom stereocenters. The molecule has 7 heteroatoms. The molecule has 1 aliphatic heterocycles. The van der Waals surface area contributed by atoms with E-state index >= 15 is 0 Å². The highest BCUT2D eigenvalue weighted by atomic mass is 32.2. The maximum Gasteiger partial charge on any atom is 0.292 e. The van der Waals surface area contributed by atoms with Crippen LogP contribution in [0.3, 0.4) is 0 Å². The van der Waals surface area contributed by atoms with Crippen molar-refractivity contribution in [2.45, 2.75) is 24.1 Å². The van der Waals surface area contributed by atoms with Crippen LogP contribution < -0.4 is 5.32 Å². The zero-order chi connectivity index (χ0) is 20.4. The number of benzene rings is 3. The largest absolute Gasteiger partial charge is 0.369 e. The number of hydrogen-bond donors (Lipinski definition) is 1. The Bertz CT molecular complexity index is 1210. The van der Waals surface area contributed by atoms with Crippen LogP contribution in [0.5, 0.6) is 0 Å². The molecule has 0 amide bonds. The Balaban J connectivity index is 1.75. The summed E-state index contributed by atoms with van der Waals surface area (Å²) in [6.45, 7) is 3.98. The molecule has 1 N–H and O–H groups in total. The average Bonchev–Trinajstić information content (AvgIpc) is 2.73. The van der Waals surface area contributed by atoms with Crippen molar-refractivity contribution in [1.82, 2.24) is 0 Å². The first-order chi connectivity index (χ1) is 13.9. The molecule has 1 aliphatic rings. The van der Waals surface area contributed by atoms with Crippen LogP contribution in [0.2, 0.25) is 0 Å². The van der Waals surface area contributed by atoms with Gasteiger partial charge in [-0.05, 0) is 48.8 Å². The van der Waals surface area contributed by atoms with E-state index in [9.17, 15) is 8.42 Å². The maximum absolute atomic E-state index is 12.7. The molecule has 3 aromatic carbocycles. The molecule has 3 aromatic rings. The van der Waals surface area contributed by atoms with Gasteiger partial charge in [-0.2, -0.15) is 8.42 Å². The van der Waals surface area contributed by atoms with Crippen LogP contribution in [-0.4, -0.2) is 12.6 Å². The molecule has 29 heavy (non-hydrogen) atoms. The summed E-state index contributed by atoms with van der Waals surface area (Å²) in [7, 11) is -3.73. The first-order valence-corrected chi connectivity index (χ1v) is 12.2. The van der Waals surface area contributed by atoms with Gasteiger partial charge in [0.15, 0.2) is 0 Å². The van der Waals surface area contributed by atoms with Crippen LogP contribution in [0.1, 0.15) is 27.6 Å². The van der Waals surface area contributed by atoms with Crippen LogP contribution >= 0.6 is 11.8 Å². The Kier molecular flexibility index (Phi) is 5.63. The Hall–Kier alpha value is -2.35. The van der Waals surface area contributed by atoms with Gasteiger partial charge in [-0.15, -0.1) is 0 Å². The van der Waals surface area contributed by atoms with Crippen molar-refractivity contribution in [1.29, 1.82) is 0 Å². The third kappa shape index (κ3) is 4.47. The Morgan fingerprint density at radius 1 is 0.897 bits per heavy atom. The number of rotatable bonds is 3. The predicted octanol–water partition coefficient (Wildman–Crippen LogP) is 5.29. The van der Waals surface area contributed by atoms with Crippen molar-refractivity contribution in [2.75, 3.05) is 5.32 Å². The molecule has 0 fully saturated rings. The summed E-state index contributed by atoms with van der Waals surface area (Å²) >= 11 is 2.61. The summed E-state index contributed by atoms with van der Waals surface area (Å²) in [6, 6.07) is 23.0. The normalized spacial score (nSPS) is 15.9. The maximum atomic E-state index is 12.7. The smallest absolute Gasteiger partial charge is 0.292 e. The van der Waals surface area contributed by atoms with E-state index in [0.717, 1.165) is 37.7 Å². The quantitative estimate of drug-likeness (QED) is 0.562. The Morgan fingerprint density at radius 3 is 2.21 bits per heavy atom. The molecule has 0 saturated carbocycles. The lowest BCUT2D eigenvalue weighted by Gasteiger charge is -2.27. The van der Waals surface area contributed by atoms with Gasteiger partial charge < -0.3 is 5.32 Å². The van der Waals surface area contributed by atoms with Gasteiger partial charge in [-0.3, -0.25) is 0 Å². The van der Waals surface area contributed by atoms with Gasteiger partial charge in [0.2, 0.25) is 0 Å². The van der Waals surface area contributed by atoms with E-state index in [2.05, 4.69) is 40.3 Å². The predicted molar refractivity (Wildman–Crippen MR) is 124 cm³/mol. The Labute approximate surface area is 179 Å². The lowest BCUT2D eigenvalue weighted by Crippen LogP contribution is -2.18. The van der Waals surface area contributed by atoms with E-state index in [1.54, 1.807) is 36.0 Å². The lowest BCUT2D eigenvalue weighted by molar-refractivity contribution is 0.598. The molecule has 0 aromatic heterocycles. The van der Waals surface area contributed by atoms with Crippen LogP contribution in [0.4, 0.5) is 5.69 Å². The van der Waals surface area contributed by atoms with Crippen molar-refractivity contribution >= 4 is 42.8 Å². The van der Waals surface area contributed by atoms with Crippen molar-refractivity contribution in [3.63, 3.8) is 0 Å². The number of fused-ring (bicyclic) bond motifs is 1. The van der Waals surface area contributed by atoms with E-state index < -0.39 is 10.0 Å². The second-order valence-corrected chi connectivity index (χ2v) is 10.8. The van der Waals surface area contributed by atoms with Gasteiger partial charge in [0.25, 0.3) is 10.0 Å². The fourth-order valence-corrected chi connectivity index (χ4v) is 6.42. The fraction of sp³-hybridized carbons (Fsp3) is 0.136. The molecule has 0 spiro atoms. The van der Waals surface area contributed by atoms with Crippen LogP contribution in [0.15, 0.2) is 81.5 Å². The zero-order valence-corrected chi connectivity index (χ0v) is 18.4. The van der Waals surface area contributed by atoms with Crippen molar-refractivity contribution in [3.05, 3.63) is 95.1 Å². The number of nitrogens with one attached hydrogen (secondary N) is 1. The van der Waals surface area contributed by atoms with Gasteiger partial charge in [0.1, 0.15) is 5.37 Å². The topological polar surface area (TPSA) is 58.5 Å². The minimum Gasteiger partial charge on any atom is -0.369 e. The number of para-hydroxylation sites is 1. The lowest BCUT2D eigenvalue weighted by atomic mass is 10.1. The summed E-state index contributed by atoms with van der Waals surface area (Å²) in [5, 5.41) is 3.53. The molecule has 4 nitrogen and oxygen atoms in total. The zero-order valence-electron chi connectivity index (χ0n) is 16.0. The summed E-state index contributed by atoms with van der Waals surface area (Å²) in [4.78, 5) is 0.207. The van der Waals surface area contributed by atoms with E-state index in [4.69, 9.17) is 0 Å². The molecular formula is C22H20N2O2S3. The summed E-state index contributed by atoms with van der Waals surface area (Å²) < 4.78 is 30.2. The van der Waals surface area contributed by atoms with Gasteiger partial charge in [0.05, 0.1) is 9.09 Å². The van der Waals surface area contributed by atoms with E-state index in [0.29, 0.717) is 0 Å². The minimum atomic E-state index is -3.73. The van der Waals surface area contributed by atoms with E-state index in [-0.39, 0.29) is 10.3 Å². The number of anilines is 1. The van der Waals surface area contributed by atoms with Crippen LogP contribution in [0.25, 0.3) is 0 Å². The molecule has 1 unspecified atom stereocenters. The number of hydrogen-bond acceptors (Lipinski definition) is 4. The third-order valence-corrected chi connectivity index (χ3v) is 8.48. The summed E-state index contributed by atoms with van der Waals surface area (Å²) in [5.41, 5.74) is 5.29. The molecular weight excluding hydrogens is 420 g/mol. The summed E-state index contributed by atoms with van der Waals surface area (Å²) in [6.07, 6.45) is 0. The van der Waals surface area contributed by atoms with Crippen LogP contribution in [0, 0.1) is 13.8 Å². The molecule has 0 radical (unpaired) electrons. The van der Waals surface area contributed by atoms with Crippen molar-refractivity contribution in [2.24, 2.45) is 3.77 Å². The summed E-state index contributed by atoms with van der Waals surface area (Å²) in [5.74, 6) is 0. The van der Waals surface area contributed by atoms with Gasteiger partial charge >= 0.3 is 0 Å². The second-order valence-electron chi connectivity index (χ2n) is 6.84. The number of sulfonamides is 1. The second kappa shape index (κ2) is 8.18. The van der Waals surface area contributed by atoms with E-state index in [1.165, 1.54) is 5.56 Å². The SMILES string of the molecule is Cc1ccc(C2Nc3ccccc3C(=S=NS(=O)(=O)c3ccc(C)cc3)S2)cc1. The first-order valence-electron chi connectivity index (χ1n) is 9.09. The highest BCUT2D eigenvalue weighted by molar-refractivity contribution is 8.22. The molecule has 0 aliphatic carbocycles. The molecule has 148 valence electrons.